The summed E-state index contributed by atoms with van der Waals surface area (Å²) in [6, 6.07) is 8.43. The number of hydrogen-bond acceptors (Lipinski definition) is 4. The second-order valence-electron chi connectivity index (χ2n) is 3.66. The van der Waals surface area contributed by atoms with Gasteiger partial charge in [-0.05, 0) is 17.7 Å². The molecule has 1 atom stereocenters. The highest BCUT2D eigenvalue weighted by Crippen LogP contribution is 2.34. The molecule has 1 unspecified atom stereocenters. The molecule has 84 valence electrons. The van der Waals surface area contributed by atoms with E-state index in [1.165, 1.54) is 6.08 Å². The second kappa shape index (κ2) is 3.75. The molecule has 4 heteroatoms. The van der Waals surface area contributed by atoms with Gasteiger partial charge in [-0.3, -0.25) is 0 Å². The lowest BCUT2D eigenvalue weighted by atomic mass is 9.88. The summed E-state index contributed by atoms with van der Waals surface area (Å²) in [5, 5.41) is 38.6. The molecular formula is C12H12O4. The third-order valence-corrected chi connectivity index (χ3v) is 2.54. The van der Waals surface area contributed by atoms with E-state index in [1.54, 1.807) is 30.3 Å². The largest absolute Gasteiger partial charge is 0.507 e. The summed E-state index contributed by atoms with van der Waals surface area (Å²) in [5.41, 5.74) is 0.358. The van der Waals surface area contributed by atoms with Crippen molar-refractivity contribution < 1.29 is 20.4 Å². The number of hydrogen-bond donors (Lipinski definition) is 4. The highest BCUT2D eigenvalue weighted by molar-refractivity contribution is 5.76. The van der Waals surface area contributed by atoms with Crippen molar-refractivity contribution in [3.05, 3.63) is 53.8 Å². The first-order valence-electron chi connectivity index (χ1n) is 4.83. The zero-order chi connectivity index (χ0) is 11.8. The molecule has 0 fully saturated rings. The van der Waals surface area contributed by atoms with Gasteiger partial charge in [0.1, 0.15) is 11.9 Å². The molecule has 1 aromatic rings. The van der Waals surface area contributed by atoms with Crippen LogP contribution in [0.4, 0.5) is 0 Å². The van der Waals surface area contributed by atoms with Crippen LogP contribution in [0.25, 0.3) is 5.57 Å². The SMILES string of the molecule is OC1=C(c2ccccc2)C(O)(O)C(O)C=C1. The van der Waals surface area contributed by atoms with Gasteiger partial charge in [0.2, 0.25) is 5.79 Å². The molecule has 16 heavy (non-hydrogen) atoms. The topological polar surface area (TPSA) is 80.9 Å². The van der Waals surface area contributed by atoms with Crippen molar-refractivity contribution in [2.75, 3.05) is 0 Å². The van der Waals surface area contributed by atoms with Gasteiger partial charge >= 0.3 is 0 Å². The monoisotopic (exact) mass is 220 g/mol. The molecular weight excluding hydrogens is 208 g/mol. The molecule has 1 aliphatic rings. The van der Waals surface area contributed by atoms with Gasteiger partial charge in [0.05, 0.1) is 5.57 Å². The molecule has 0 bridgehead atoms. The summed E-state index contributed by atoms with van der Waals surface area (Å²) < 4.78 is 0. The Labute approximate surface area is 92.4 Å². The van der Waals surface area contributed by atoms with E-state index in [9.17, 15) is 20.4 Å². The summed E-state index contributed by atoms with van der Waals surface area (Å²) in [7, 11) is 0. The number of aliphatic hydroxyl groups excluding tert-OH is 2. The normalized spacial score (nSPS) is 23.6. The van der Waals surface area contributed by atoms with Crippen molar-refractivity contribution >= 4 is 5.57 Å². The summed E-state index contributed by atoms with van der Waals surface area (Å²) in [6.45, 7) is 0. The third kappa shape index (κ3) is 1.63. The van der Waals surface area contributed by atoms with Crippen LogP contribution in [-0.4, -0.2) is 32.3 Å². The smallest absolute Gasteiger partial charge is 0.224 e. The molecule has 1 aromatic carbocycles. The lowest BCUT2D eigenvalue weighted by Gasteiger charge is -2.31. The molecule has 0 aromatic heterocycles. The minimum atomic E-state index is -2.47. The Balaban J connectivity index is 2.57. The molecule has 0 spiro atoms. The fraction of sp³-hybridized carbons (Fsp3) is 0.167. The van der Waals surface area contributed by atoms with Crippen molar-refractivity contribution in [2.45, 2.75) is 11.9 Å². The molecule has 0 amide bonds. The van der Waals surface area contributed by atoms with Crippen LogP contribution in [-0.2, 0) is 0 Å². The van der Waals surface area contributed by atoms with E-state index < -0.39 is 11.9 Å². The van der Waals surface area contributed by atoms with Gasteiger partial charge in [-0.15, -0.1) is 0 Å². The number of allylic oxidation sites excluding steroid dienone is 1. The first kappa shape index (κ1) is 10.9. The lowest BCUT2D eigenvalue weighted by Crippen LogP contribution is -2.44. The van der Waals surface area contributed by atoms with Crippen LogP contribution in [0, 0.1) is 0 Å². The molecule has 0 saturated heterocycles. The van der Waals surface area contributed by atoms with Gasteiger partial charge in [0, 0.05) is 0 Å². The Hall–Kier alpha value is -1.62. The third-order valence-electron chi connectivity index (χ3n) is 2.54. The Morgan fingerprint density at radius 3 is 2.31 bits per heavy atom. The first-order valence-corrected chi connectivity index (χ1v) is 4.83. The lowest BCUT2D eigenvalue weighted by molar-refractivity contribution is -0.166. The summed E-state index contributed by atoms with van der Waals surface area (Å²) in [5.74, 6) is -2.73. The molecule has 0 heterocycles. The van der Waals surface area contributed by atoms with Gasteiger partial charge < -0.3 is 20.4 Å². The van der Waals surface area contributed by atoms with Gasteiger partial charge in [-0.2, -0.15) is 0 Å². The van der Waals surface area contributed by atoms with E-state index in [0.29, 0.717) is 5.56 Å². The van der Waals surface area contributed by atoms with Gasteiger partial charge in [0.25, 0.3) is 0 Å². The maximum absolute atomic E-state index is 9.76. The van der Waals surface area contributed by atoms with Crippen LogP contribution >= 0.6 is 0 Å². The van der Waals surface area contributed by atoms with Crippen molar-refractivity contribution in [3.8, 4) is 0 Å². The molecule has 4 N–H and O–H groups in total. The Morgan fingerprint density at radius 2 is 1.69 bits per heavy atom. The quantitative estimate of drug-likeness (QED) is 0.521. The van der Waals surface area contributed by atoms with Gasteiger partial charge in [-0.1, -0.05) is 30.3 Å². The van der Waals surface area contributed by atoms with E-state index in [4.69, 9.17) is 0 Å². The average Bonchev–Trinajstić information content (AvgIpc) is 2.25. The Bertz CT molecular complexity index is 445. The highest BCUT2D eigenvalue weighted by atomic mass is 16.5. The highest BCUT2D eigenvalue weighted by Gasteiger charge is 2.41. The van der Waals surface area contributed by atoms with Crippen molar-refractivity contribution in [2.24, 2.45) is 0 Å². The van der Waals surface area contributed by atoms with Crippen LogP contribution < -0.4 is 0 Å². The van der Waals surface area contributed by atoms with Crippen LogP contribution in [0.5, 0.6) is 0 Å². The van der Waals surface area contributed by atoms with Crippen molar-refractivity contribution in [1.29, 1.82) is 0 Å². The zero-order valence-electron chi connectivity index (χ0n) is 8.41. The maximum Gasteiger partial charge on any atom is 0.224 e. The van der Waals surface area contributed by atoms with E-state index in [1.807, 2.05) is 0 Å². The van der Waals surface area contributed by atoms with E-state index in [2.05, 4.69) is 0 Å². The van der Waals surface area contributed by atoms with Crippen LogP contribution in [0.2, 0.25) is 0 Å². The number of benzene rings is 1. The van der Waals surface area contributed by atoms with Crippen LogP contribution in [0.1, 0.15) is 5.56 Å². The predicted octanol–water partition coefficient (Wildman–Crippen LogP) is 0.567. The molecule has 0 radical (unpaired) electrons. The number of aliphatic hydroxyl groups is 4. The van der Waals surface area contributed by atoms with Crippen LogP contribution in [0.3, 0.4) is 0 Å². The summed E-state index contributed by atoms with van der Waals surface area (Å²) in [6.07, 6.45) is 0.915. The zero-order valence-corrected chi connectivity index (χ0v) is 8.41. The number of rotatable bonds is 1. The summed E-state index contributed by atoms with van der Waals surface area (Å²) >= 11 is 0. The van der Waals surface area contributed by atoms with Gasteiger partial charge in [-0.25, -0.2) is 0 Å². The fourth-order valence-electron chi connectivity index (χ4n) is 1.70. The second-order valence-corrected chi connectivity index (χ2v) is 3.66. The van der Waals surface area contributed by atoms with E-state index >= 15 is 0 Å². The van der Waals surface area contributed by atoms with Crippen LogP contribution in [0.15, 0.2) is 48.2 Å². The van der Waals surface area contributed by atoms with E-state index in [-0.39, 0.29) is 11.3 Å². The first-order chi connectivity index (χ1) is 7.53. The minimum absolute atomic E-state index is 0.0944. The molecule has 0 aliphatic heterocycles. The predicted molar refractivity (Wildman–Crippen MR) is 58.3 cm³/mol. The fourth-order valence-corrected chi connectivity index (χ4v) is 1.70. The minimum Gasteiger partial charge on any atom is -0.507 e. The van der Waals surface area contributed by atoms with Crippen molar-refractivity contribution in [1.82, 2.24) is 0 Å². The molecule has 1 aliphatic carbocycles. The Kier molecular flexibility index (Phi) is 2.55. The maximum atomic E-state index is 9.76. The molecule has 0 saturated carbocycles. The Morgan fingerprint density at radius 1 is 1.06 bits per heavy atom. The standard InChI is InChI=1S/C12H12O4/c13-9-6-7-10(14)12(15,16)11(9)8-4-2-1-3-5-8/h1-7,10,13-16H. The average molecular weight is 220 g/mol. The van der Waals surface area contributed by atoms with Gasteiger partial charge in [0.15, 0.2) is 0 Å². The summed E-state index contributed by atoms with van der Waals surface area (Å²) in [4.78, 5) is 0. The molecule has 4 nitrogen and oxygen atoms in total. The van der Waals surface area contributed by atoms with Crippen molar-refractivity contribution in [3.63, 3.8) is 0 Å². The molecule has 2 rings (SSSR count). The van der Waals surface area contributed by atoms with E-state index in [0.717, 1.165) is 6.08 Å².